The van der Waals surface area contributed by atoms with Crippen LogP contribution in [0.15, 0.2) is 42.5 Å². The predicted octanol–water partition coefficient (Wildman–Crippen LogP) is 6.54. The second kappa shape index (κ2) is 9.47. The average molecular weight is 479 g/mol. The number of nitrogens with zero attached hydrogens (tertiary/aromatic N) is 2. The highest BCUT2D eigenvalue weighted by molar-refractivity contribution is 6.30. The molecule has 0 N–H and O–H groups in total. The summed E-state index contributed by atoms with van der Waals surface area (Å²) in [7, 11) is 0. The van der Waals surface area contributed by atoms with Gasteiger partial charge in [-0.2, -0.15) is 0 Å². The van der Waals surface area contributed by atoms with Crippen LogP contribution in [0, 0.1) is 6.92 Å². The molecule has 34 heavy (non-hydrogen) atoms. The Morgan fingerprint density at radius 3 is 2.29 bits per heavy atom. The zero-order valence-corrected chi connectivity index (χ0v) is 21.2. The lowest BCUT2D eigenvalue weighted by Crippen LogP contribution is -2.28. The van der Waals surface area contributed by atoms with Crippen molar-refractivity contribution in [2.45, 2.75) is 59.2 Å². The lowest BCUT2D eigenvalue weighted by molar-refractivity contribution is -0.138. The van der Waals surface area contributed by atoms with Gasteiger partial charge in [0.2, 0.25) is 0 Å². The van der Waals surface area contributed by atoms with Gasteiger partial charge >= 0.3 is 0 Å². The number of benzene rings is 2. The summed E-state index contributed by atoms with van der Waals surface area (Å²) in [5.74, 6) is -0.103. The maximum Gasteiger partial charge on any atom is 0.272 e. The minimum atomic E-state index is -0.735. The number of rotatable bonds is 5. The average Bonchev–Trinajstić information content (AvgIpc) is 3.31. The van der Waals surface area contributed by atoms with Gasteiger partial charge < -0.3 is 9.64 Å². The fourth-order valence-electron chi connectivity index (χ4n) is 4.59. The number of fused-ring (bicyclic) bond motifs is 1. The zero-order valence-electron chi connectivity index (χ0n) is 20.4. The number of ketones is 1. The Morgan fingerprint density at radius 1 is 1.06 bits per heavy atom. The third-order valence-electron chi connectivity index (χ3n) is 6.09. The van der Waals surface area contributed by atoms with Crippen LogP contribution in [-0.4, -0.2) is 40.3 Å². The summed E-state index contributed by atoms with van der Waals surface area (Å²) < 4.78 is 6.27. The summed E-state index contributed by atoms with van der Waals surface area (Å²) in [6.07, 6.45) is 1.33. The number of carbonyl (C=O) groups is 2. The molecular weight excluding hydrogens is 448 g/mol. The van der Waals surface area contributed by atoms with E-state index in [1.54, 1.807) is 13.0 Å². The lowest BCUT2D eigenvalue weighted by atomic mass is 9.87. The van der Waals surface area contributed by atoms with E-state index >= 15 is 0 Å². The van der Waals surface area contributed by atoms with Gasteiger partial charge in [-0.1, -0.05) is 23.7 Å². The molecule has 1 saturated heterocycles. The van der Waals surface area contributed by atoms with Gasteiger partial charge in [0.25, 0.3) is 5.91 Å². The molecule has 0 unspecified atom stereocenters. The van der Waals surface area contributed by atoms with Crippen LogP contribution in [0.2, 0.25) is 5.02 Å². The minimum Gasteiger partial charge on any atom is -0.360 e. The normalized spacial score (nSPS) is 15.1. The molecule has 1 aliphatic rings. The third kappa shape index (κ3) is 5.01. The molecule has 0 radical (unpaired) electrons. The van der Waals surface area contributed by atoms with E-state index in [1.165, 1.54) is 0 Å². The van der Waals surface area contributed by atoms with Crippen LogP contribution < -0.4 is 0 Å². The highest BCUT2D eigenvalue weighted by Crippen LogP contribution is 2.40. The Balaban J connectivity index is 1.95. The Labute approximate surface area is 206 Å². The molecule has 3 aromatic rings. The van der Waals surface area contributed by atoms with Crippen molar-refractivity contribution in [2.24, 2.45) is 0 Å². The van der Waals surface area contributed by atoms with Crippen molar-refractivity contribution in [3.8, 4) is 11.1 Å². The molecule has 178 valence electrons. The maximum absolute atomic E-state index is 13.0. The van der Waals surface area contributed by atoms with Crippen molar-refractivity contribution < 1.29 is 14.3 Å². The second-order valence-corrected chi connectivity index (χ2v) is 10.4. The molecule has 1 aliphatic heterocycles. The van der Waals surface area contributed by atoms with Gasteiger partial charge in [0.05, 0.1) is 11.1 Å². The Hall–Kier alpha value is -2.76. The number of hydrogen-bond donors (Lipinski definition) is 0. The molecule has 1 fully saturated rings. The fourth-order valence-corrected chi connectivity index (χ4v) is 4.71. The van der Waals surface area contributed by atoms with Gasteiger partial charge in [0, 0.05) is 23.5 Å². The number of aromatic nitrogens is 1. The van der Waals surface area contributed by atoms with Crippen molar-refractivity contribution >= 4 is 34.2 Å². The first-order chi connectivity index (χ1) is 16.0. The van der Waals surface area contributed by atoms with E-state index in [0.29, 0.717) is 16.2 Å². The molecule has 2 heterocycles. The molecule has 0 spiro atoms. The number of carbonyl (C=O) groups excluding carboxylic acids is 2. The summed E-state index contributed by atoms with van der Waals surface area (Å²) in [5.41, 5.74) is 4.14. The van der Waals surface area contributed by atoms with Crippen LogP contribution in [0.25, 0.3) is 22.0 Å². The first-order valence-electron chi connectivity index (χ1n) is 11.7. The largest absolute Gasteiger partial charge is 0.360 e. The first-order valence-corrected chi connectivity index (χ1v) is 12.1. The highest BCUT2D eigenvalue weighted by Gasteiger charge is 2.30. The van der Waals surface area contributed by atoms with Gasteiger partial charge in [0.15, 0.2) is 5.78 Å². The number of hydrogen-bond acceptors (Lipinski definition) is 4. The number of amides is 1. The second-order valence-electron chi connectivity index (χ2n) is 9.97. The first kappa shape index (κ1) is 24.4. The molecule has 0 bridgehead atoms. The number of ether oxygens (including phenoxy) is 1. The number of aryl methyl sites for hydroxylation is 1. The number of likely N-dealkylation sites (tertiary alicyclic amines) is 1. The molecule has 1 amide bonds. The summed E-state index contributed by atoms with van der Waals surface area (Å²) in [4.78, 5) is 32.4. The van der Waals surface area contributed by atoms with E-state index in [0.717, 1.165) is 53.6 Å². The van der Waals surface area contributed by atoms with Crippen molar-refractivity contribution in [3.05, 3.63) is 64.3 Å². The predicted molar refractivity (Wildman–Crippen MR) is 136 cm³/mol. The van der Waals surface area contributed by atoms with Crippen molar-refractivity contribution in [2.75, 3.05) is 13.1 Å². The summed E-state index contributed by atoms with van der Waals surface area (Å²) in [5, 5.41) is 1.50. The smallest absolute Gasteiger partial charge is 0.272 e. The van der Waals surface area contributed by atoms with Gasteiger partial charge in [0.1, 0.15) is 11.8 Å². The number of Topliss-reactive ketones (excluding diaryl/α,β-unsaturated/α-hetero) is 1. The van der Waals surface area contributed by atoms with Crippen molar-refractivity contribution in [1.29, 1.82) is 0 Å². The molecule has 0 aliphatic carbocycles. The van der Waals surface area contributed by atoms with Gasteiger partial charge in [-0.25, -0.2) is 4.98 Å². The molecule has 6 heteroatoms. The quantitative estimate of drug-likeness (QED) is 0.417. The van der Waals surface area contributed by atoms with Gasteiger partial charge in [-0.3, -0.25) is 9.59 Å². The van der Waals surface area contributed by atoms with Crippen LogP contribution in [0.4, 0.5) is 0 Å². The van der Waals surface area contributed by atoms with Crippen LogP contribution >= 0.6 is 11.6 Å². The lowest BCUT2D eigenvalue weighted by Gasteiger charge is -2.29. The zero-order chi connectivity index (χ0) is 24.6. The van der Waals surface area contributed by atoms with E-state index in [9.17, 15) is 9.59 Å². The van der Waals surface area contributed by atoms with E-state index < -0.39 is 11.7 Å². The van der Waals surface area contributed by atoms with E-state index in [-0.39, 0.29) is 11.7 Å². The third-order valence-corrected chi connectivity index (χ3v) is 6.34. The molecule has 1 atom stereocenters. The van der Waals surface area contributed by atoms with E-state index in [1.807, 2.05) is 69.0 Å². The monoisotopic (exact) mass is 478 g/mol. The summed E-state index contributed by atoms with van der Waals surface area (Å²) in [6, 6.07) is 13.2. The number of pyridine rings is 1. The summed E-state index contributed by atoms with van der Waals surface area (Å²) >= 11 is 6.17. The van der Waals surface area contributed by atoms with Gasteiger partial charge in [-0.15, -0.1) is 0 Å². The van der Waals surface area contributed by atoms with Crippen molar-refractivity contribution in [3.63, 3.8) is 0 Å². The fraction of sp³-hybridized carbons (Fsp3) is 0.393. The maximum atomic E-state index is 13.0. The highest BCUT2D eigenvalue weighted by atomic mass is 35.5. The van der Waals surface area contributed by atoms with Crippen LogP contribution in [-0.2, 0) is 9.53 Å². The molecule has 2 aromatic carbocycles. The van der Waals surface area contributed by atoms with E-state index in [4.69, 9.17) is 21.3 Å². The van der Waals surface area contributed by atoms with Gasteiger partial charge in [-0.05, 0) is 100 Å². The standard InChI is InChI=1S/C28H31ClN2O3/c1-17-16-23-21(12-13-22(30-23)27(33)31-14-6-7-15-31)25(19-8-10-20(29)11-9-19)24(17)26(18(2)32)34-28(3,4)5/h8-13,16,26H,6-7,14-15H2,1-5H3/t26-/m1/s1. The molecule has 0 saturated carbocycles. The van der Waals surface area contributed by atoms with Crippen molar-refractivity contribution in [1.82, 2.24) is 9.88 Å². The molecule has 4 rings (SSSR count). The Kier molecular flexibility index (Phi) is 6.79. The Bertz CT molecular complexity index is 1240. The summed E-state index contributed by atoms with van der Waals surface area (Å²) in [6.45, 7) is 10.9. The van der Waals surface area contributed by atoms with Crippen LogP contribution in [0.5, 0.6) is 0 Å². The number of halogens is 1. The molecular formula is C28H31ClN2O3. The molecule has 5 nitrogen and oxygen atoms in total. The van der Waals surface area contributed by atoms with Crippen LogP contribution in [0.3, 0.4) is 0 Å². The topological polar surface area (TPSA) is 59.5 Å². The molecule has 1 aromatic heterocycles. The minimum absolute atomic E-state index is 0.0353. The SMILES string of the molecule is CC(=O)[C@@H](OC(C)(C)C)c1c(C)cc2nc(C(=O)N3CCCC3)ccc2c1-c1ccc(Cl)cc1. The van der Waals surface area contributed by atoms with E-state index in [2.05, 4.69) is 0 Å². The Morgan fingerprint density at radius 2 is 1.71 bits per heavy atom. The van der Waals surface area contributed by atoms with Crippen LogP contribution in [0.1, 0.15) is 68.3 Å².